The number of nitrogens with zero attached hydrogens (tertiary/aromatic N) is 2. The summed E-state index contributed by atoms with van der Waals surface area (Å²) in [7, 11) is 0. The van der Waals surface area contributed by atoms with Gasteiger partial charge in [-0.15, -0.1) is 0 Å². The molecule has 14 heteroatoms. The van der Waals surface area contributed by atoms with Crippen molar-refractivity contribution in [3.8, 4) is 11.5 Å². The van der Waals surface area contributed by atoms with Gasteiger partial charge in [0.1, 0.15) is 18.1 Å². The summed E-state index contributed by atoms with van der Waals surface area (Å²) in [5.41, 5.74) is -3.62. The molecule has 1 aliphatic carbocycles. The molecule has 1 fully saturated rings. The second-order valence-corrected chi connectivity index (χ2v) is 13.7. The molecule has 0 saturated carbocycles. The number of nitrogens with one attached hydrogen (secondary N) is 1. The molecule has 0 spiro atoms. The lowest BCUT2D eigenvalue weighted by Crippen LogP contribution is -2.62. The number of carbonyl (C=O) groups is 2. The number of ether oxygens (including phenoxy) is 2. The third-order valence-electron chi connectivity index (χ3n) is 9.54. The van der Waals surface area contributed by atoms with Crippen molar-refractivity contribution in [1.29, 1.82) is 0 Å². The van der Waals surface area contributed by atoms with Crippen LogP contribution in [0.5, 0.6) is 11.5 Å². The van der Waals surface area contributed by atoms with Crippen LogP contribution in [0.3, 0.4) is 0 Å². The zero-order chi connectivity index (χ0) is 38.8. The first-order valence-corrected chi connectivity index (χ1v) is 17.2. The van der Waals surface area contributed by atoms with Gasteiger partial charge in [0.25, 0.3) is 5.60 Å². The summed E-state index contributed by atoms with van der Waals surface area (Å²) in [6.45, 7) is 8.06. The lowest BCUT2D eigenvalue weighted by Gasteiger charge is -2.43. The van der Waals surface area contributed by atoms with Crippen LogP contribution in [0, 0.1) is 12.8 Å². The summed E-state index contributed by atoms with van der Waals surface area (Å²) in [5, 5.41) is 12.9. The first-order chi connectivity index (χ1) is 24.8. The third kappa shape index (κ3) is 8.53. The largest absolute Gasteiger partial charge is 0.493 e. The molecule has 8 nitrogen and oxygen atoms in total. The Bertz CT molecular complexity index is 1840. The van der Waals surface area contributed by atoms with Crippen LogP contribution >= 0.6 is 0 Å². The monoisotopic (exact) mass is 745 g/mol. The van der Waals surface area contributed by atoms with Crippen LogP contribution in [-0.4, -0.2) is 51.4 Å². The van der Waals surface area contributed by atoms with Crippen molar-refractivity contribution < 1.29 is 50.5 Å². The molecule has 284 valence electrons. The van der Waals surface area contributed by atoms with Crippen molar-refractivity contribution >= 4 is 11.9 Å². The van der Waals surface area contributed by atoms with Crippen LogP contribution in [0.1, 0.15) is 68.0 Å². The summed E-state index contributed by atoms with van der Waals surface area (Å²) in [4.78, 5) is 32.0. The number of urea groups is 1. The van der Waals surface area contributed by atoms with Gasteiger partial charge in [-0.3, -0.25) is 14.7 Å². The standard InChI is InChI=1S/C39H41F6N3O5/c1-5-6-27-20-28(37(51,38(40,41)42)39(43,44)45)11-16-33(27)53-31-13-12-29(46-22-31)17-18-48-34(49)21-36(4,47-35(48)50)32-15-14-30(19-25(32)3)52-23-26-9-7-24(2)8-10-26/h7-16,20,22,25,51H,5-6,17-19,21,23H2,1-4H3,(H,47,50)/t25-,36?/m1/s1. The van der Waals surface area contributed by atoms with E-state index in [9.17, 15) is 41.0 Å². The zero-order valence-electron chi connectivity index (χ0n) is 29.7. The number of amides is 3. The fraction of sp³-hybridized carbons (Fsp3) is 0.410. The summed E-state index contributed by atoms with van der Waals surface area (Å²) in [6, 6.07) is 12.8. The average Bonchev–Trinajstić information content (AvgIpc) is 3.07. The SMILES string of the molecule is CCCc1cc(C(O)(C(F)(F)F)C(F)(F)F)ccc1Oc1ccc(CCN2C(=O)CC(C)(C3=CC=C(OCc4ccc(C)cc4)C[C@H]3C)NC2=O)nc1. The summed E-state index contributed by atoms with van der Waals surface area (Å²) >= 11 is 0. The Hall–Kier alpha value is -4.85. The minimum absolute atomic E-state index is 0.000584. The number of aryl methyl sites for hydroxylation is 2. The molecule has 1 saturated heterocycles. The molecule has 2 aromatic carbocycles. The van der Waals surface area contributed by atoms with Crippen LogP contribution in [0.25, 0.3) is 0 Å². The molecule has 2 atom stereocenters. The van der Waals surface area contributed by atoms with E-state index in [1.807, 2.05) is 57.2 Å². The maximum absolute atomic E-state index is 13.5. The van der Waals surface area contributed by atoms with Gasteiger partial charge in [0.2, 0.25) is 5.91 Å². The Morgan fingerprint density at radius 3 is 2.26 bits per heavy atom. The number of hydrogen-bond donors (Lipinski definition) is 2. The molecule has 0 radical (unpaired) electrons. The van der Waals surface area contributed by atoms with Crippen molar-refractivity contribution in [3.05, 3.63) is 112 Å². The quantitative estimate of drug-likeness (QED) is 0.180. The fourth-order valence-electron chi connectivity index (χ4n) is 6.61. The van der Waals surface area contributed by atoms with Crippen LogP contribution in [0.15, 0.2) is 84.3 Å². The highest BCUT2D eigenvalue weighted by Crippen LogP contribution is 2.50. The Morgan fingerprint density at radius 2 is 1.68 bits per heavy atom. The summed E-state index contributed by atoms with van der Waals surface area (Å²) in [6.07, 6.45) is -5.57. The number of aliphatic hydroxyl groups is 1. The lowest BCUT2D eigenvalue weighted by molar-refractivity contribution is -0.376. The number of aromatic nitrogens is 1. The number of imide groups is 1. The third-order valence-corrected chi connectivity index (χ3v) is 9.54. The predicted octanol–water partition coefficient (Wildman–Crippen LogP) is 8.76. The van der Waals surface area contributed by atoms with Crippen molar-refractivity contribution in [2.45, 2.75) is 89.9 Å². The van der Waals surface area contributed by atoms with Crippen LogP contribution in [0.2, 0.25) is 0 Å². The van der Waals surface area contributed by atoms with E-state index in [1.54, 1.807) is 13.0 Å². The fourth-order valence-corrected chi connectivity index (χ4v) is 6.61. The average molecular weight is 746 g/mol. The van der Waals surface area contributed by atoms with E-state index in [1.165, 1.54) is 17.8 Å². The molecule has 5 rings (SSSR count). The van der Waals surface area contributed by atoms with Gasteiger partial charge in [-0.2, -0.15) is 26.3 Å². The van der Waals surface area contributed by atoms with Gasteiger partial charge in [0, 0.05) is 30.6 Å². The second kappa shape index (κ2) is 15.2. The van der Waals surface area contributed by atoms with E-state index >= 15 is 0 Å². The smallest absolute Gasteiger partial charge is 0.430 e. The molecule has 3 amide bonds. The van der Waals surface area contributed by atoms with Gasteiger partial charge in [0.15, 0.2) is 0 Å². The number of carbonyl (C=O) groups excluding carboxylic acids is 2. The lowest BCUT2D eigenvalue weighted by atomic mass is 9.76. The van der Waals surface area contributed by atoms with Crippen LogP contribution in [0.4, 0.5) is 31.1 Å². The van der Waals surface area contributed by atoms with Crippen molar-refractivity contribution in [2.24, 2.45) is 5.92 Å². The van der Waals surface area contributed by atoms with Gasteiger partial charge in [-0.25, -0.2) is 4.79 Å². The molecule has 2 N–H and O–H groups in total. The topological polar surface area (TPSA) is 101 Å². The van der Waals surface area contributed by atoms with Crippen molar-refractivity contribution in [1.82, 2.24) is 15.2 Å². The predicted molar refractivity (Wildman–Crippen MR) is 184 cm³/mol. The summed E-state index contributed by atoms with van der Waals surface area (Å²) in [5.74, 6) is 0.643. The summed E-state index contributed by atoms with van der Waals surface area (Å²) < 4.78 is 92.6. The van der Waals surface area contributed by atoms with Gasteiger partial charge < -0.3 is 19.9 Å². The number of pyridine rings is 1. The van der Waals surface area contributed by atoms with Gasteiger partial charge in [0.05, 0.1) is 23.9 Å². The number of rotatable bonds is 12. The first kappa shape index (κ1) is 39.4. The molecular formula is C39H41F6N3O5. The van der Waals surface area contributed by atoms with E-state index in [-0.39, 0.29) is 54.7 Å². The number of allylic oxidation sites excluding steroid dienone is 3. The number of alkyl halides is 6. The number of benzene rings is 2. The van der Waals surface area contributed by atoms with Crippen LogP contribution < -0.4 is 10.1 Å². The van der Waals surface area contributed by atoms with Gasteiger partial charge in [-0.05, 0) is 73.2 Å². The highest BCUT2D eigenvalue weighted by molar-refractivity contribution is 5.98. The van der Waals surface area contributed by atoms with Crippen molar-refractivity contribution in [2.75, 3.05) is 6.54 Å². The Balaban J connectivity index is 1.20. The number of halogens is 6. The second-order valence-electron chi connectivity index (χ2n) is 13.7. The molecule has 2 aliphatic rings. The van der Waals surface area contributed by atoms with E-state index in [0.29, 0.717) is 37.3 Å². The molecule has 2 heterocycles. The maximum atomic E-state index is 13.5. The molecule has 1 aliphatic heterocycles. The van der Waals surface area contributed by atoms with E-state index in [0.717, 1.165) is 27.9 Å². The number of hydrogen-bond acceptors (Lipinski definition) is 6. The highest BCUT2D eigenvalue weighted by Gasteiger charge is 2.71. The molecular weight excluding hydrogens is 704 g/mol. The Morgan fingerprint density at radius 1 is 0.981 bits per heavy atom. The van der Waals surface area contributed by atoms with E-state index < -0.39 is 35.1 Å². The molecule has 0 bridgehead atoms. The molecule has 53 heavy (non-hydrogen) atoms. The molecule has 1 unspecified atom stereocenters. The Kier molecular flexibility index (Phi) is 11.3. The molecule has 1 aromatic heterocycles. The first-order valence-electron chi connectivity index (χ1n) is 17.2. The van der Waals surface area contributed by atoms with Crippen molar-refractivity contribution in [3.63, 3.8) is 0 Å². The van der Waals surface area contributed by atoms with E-state index in [4.69, 9.17) is 9.47 Å². The molecule has 3 aromatic rings. The minimum Gasteiger partial charge on any atom is -0.493 e. The highest BCUT2D eigenvalue weighted by atomic mass is 19.4. The van der Waals surface area contributed by atoms with Gasteiger partial charge in [-0.1, -0.05) is 62.2 Å². The zero-order valence-corrected chi connectivity index (χ0v) is 29.7. The Labute approximate surface area is 303 Å². The van der Waals surface area contributed by atoms with E-state index in [2.05, 4.69) is 10.3 Å². The van der Waals surface area contributed by atoms with Crippen LogP contribution in [-0.2, 0) is 34.6 Å². The minimum atomic E-state index is -6.01. The maximum Gasteiger partial charge on any atom is 0.430 e. The normalized spacial score (nSPS) is 19.8. The van der Waals surface area contributed by atoms with Gasteiger partial charge >= 0.3 is 18.4 Å².